The van der Waals surface area contributed by atoms with Crippen molar-refractivity contribution in [3.63, 3.8) is 0 Å². The van der Waals surface area contributed by atoms with Gasteiger partial charge in [0.25, 0.3) is 5.56 Å². The van der Waals surface area contributed by atoms with Crippen LogP contribution in [0.25, 0.3) is 10.2 Å². The van der Waals surface area contributed by atoms with Crippen LogP contribution in [0.5, 0.6) is 0 Å². The van der Waals surface area contributed by atoms with E-state index in [0.29, 0.717) is 34.3 Å². The summed E-state index contributed by atoms with van der Waals surface area (Å²) in [5, 5.41) is 2.55. The van der Waals surface area contributed by atoms with E-state index in [1.54, 1.807) is 4.57 Å². The first kappa shape index (κ1) is 18.0. The molecule has 1 fully saturated rings. The third-order valence-corrected chi connectivity index (χ3v) is 6.87. The zero-order valence-electron chi connectivity index (χ0n) is 14.0. The van der Waals surface area contributed by atoms with Crippen LogP contribution in [-0.4, -0.2) is 28.7 Å². The second kappa shape index (κ2) is 7.31. The standard InChI is InChI=1S/C18H18BrClN4OS/c19-13-10-26-16-15(13)22-18(23-7-3-5-12(21)9-23)24(17(16)25)8-11-4-1-2-6-14(11)20/h1-2,4,6,10,12H,3,5,7-9,21H2. The SMILES string of the molecule is NC1CCCN(c2nc3c(Br)csc3c(=O)n2Cc2ccccc2Cl)C1. The minimum Gasteiger partial charge on any atom is -0.341 e. The first-order chi connectivity index (χ1) is 12.5. The maximum absolute atomic E-state index is 13.2. The quantitative estimate of drug-likeness (QED) is 0.654. The number of rotatable bonds is 3. The Hall–Kier alpha value is -1.41. The van der Waals surface area contributed by atoms with Crippen molar-refractivity contribution in [1.29, 1.82) is 0 Å². The highest BCUT2D eigenvalue weighted by molar-refractivity contribution is 9.10. The van der Waals surface area contributed by atoms with E-state index < -0.39 is 0 Å². The van der Waals surface area contributed by atoms with Crippen molar-refractivity contribution < 1.29 is 0 Å². The normalized spacial score (nSPS) is 17.8. The van der Waals surface area contributed by atoms with Crippen molar-refractivity contribution in [2.24, 2.45) is 5.73 Å². The number of benzene rings is 1. The van der Waals surface area contributed by atoms with Crippen molar-refractivity contribution in [3.05, 3.63) is 55.1 Å². The van der Waals surface area contributed by atoms with Gasteiger partial charge in [0, 0.05) is 29.5 Å². The molecule has 1 saturated heterocycles. The fourth-order valence-electron chi connectivity index (χ4n) is 3.33. The molecule has 1 aromatic carbocycles. The summed E-state index contributed by atoms with van der Waals surface area (Å²) in [7, 11) is 0. The van der Waals surface area contributed by atoms with Gasteiger partial charge in [-0.15, -0.1) is 11.3 Å². The van der Waals surface area contributed by atoms with Crippen LogP contribution in [0.1, 0.15) is 18.4 Å². The number of hydrogen-bond donors (Lipinski definition) is 1. The molecule has 0 saturated carbocycles. The lowest BCUT2D eigenvalue weighted by atomic mass is 10.1. The van der Waals surface area contributed by atoms with Crippen molar-refractivity contribution in [1.82, 2.24) is 9.55 Å². The van der Waals surface area contributed by atoms with Crippen molar-refractivity contribution in [3.8, 4) is 0 Å². The lowest BCUT2D eigenvalue weighted by Gasteiger charge is -2.33. The van der Waals surface area contributed by atoms with Gasteiger partial charge in [0.15, 0.2) is 0 Å². The summed E-state index contributed by atoms with van der Waals surface area (Å²) in [5.74, 6) is 0.664. The van der Waals surface area contributed by atoms with Crippen LogP contribution in [0.15, 0.2) is 38.9 Å². The van der Waals surface area contributed by atoms with Crippen LogP contribution >= 0.6 is 38.9 Å². The summed E-state index contributed by atoms with van der Waals surface area (Å²) in [5.41, 5.74) is 7.73. The Balaban J connectivity index is 1.88. The van der Waals surface area contributed by atoms with Crippen LogP contribution in [0, 0.1) is 0 Å². The molecular weight excluding hydrogens is 436 g/mol. The Labute approximate surface area is 168 Å². The highest BCUT2D eigenvalue weighted by Crippen LogP contribution is 2.29. The number of piperidine rings is 1. The number of halogens is 2. The number of nitrogens with two attached hydrogens (primary N) is 1. The molecule has 1 unspecified atom stereocenters. The largest absolute Gasteiger partial charge is 0.341 e. The zero-order chi connectivity index (χ0) is 18.3. The van der Waals surface area contributed by atoms with E-state index in [4.69, 9.17) is 22.3 Å². The number of aromatic nitrogens is 2. The molecule has 8 heteroatoms. The van der Waals surface area contributed by atoms with E-state index in [0.717, 1.165) is 29.4 Å². The second-order valence-corrected chi connectivity index (χ2v) is 8.65. The van der Waals surface area contributed by atoms with E-state index in [1.165, 1.54) is 11.3 Å². The van der Waals surface area contributed by atoms with Gasteiger partial charge < -0.3 is 10.6 Å². The average molecular weight is 454 g/mol. The number of hydrogen-bond acceptors (Lipinski definition) is 5. The third-order valence-electron chi connectivity index (χ3n) is 4.64. The summed E-state index contributed by atoms with van der Waals surface area (Å²) in [6.07, 6.45) is 1.99. The molecule has 26 heavy (non-hydrogen) atoms. The lowest BCUT2D eigenvalue weighted by Crippen LogP contribution is -2.45. The Kier molecular flexibility index (Phi) is 5.05. The van der Waals surface area contributed by atoms with Crippen LogP contribution in [-0.2, 0) is 6.54 Å². The summed E-state index contributed by atoms with van der Waals surface area (Å²) >= 11 is 11.3. The summed E-state index contributed by atoms with van der Waals surface area (Å²) in [6, 6.07) is 7.69. The lowest BCUT2D eigenvalue weighted by molar-refractivity contribution is 0.492. The van der Waals surface area contributed by atoms with E-state index in [9.17, 15) is 4.79 Å². The van der Waals surface area contributed by atoms with E-state index in [-0.39, 0.29) is 11.6 Å². The number of anilines is 1. The first-order valence-electron chi connectivity index (χ1n) is 8.46. The summed E-state index contributed by atoms with van der Waals surface area (Å²) in [6.45, 7) is 1.93. The van der Waals surface area contributed by atoms with Crippen molar-refractivity contribution in [2.75, 3.05) is 18.0 Å². The van der Waals surface area contributed by atoms with Gasteiger partial charge in [-0.3, -0.25) is 9.36 Å². The number of fused-ring (bicyclic) bond motifs is 1. The molecule has 3 heterocycles. The van der Waals surface area contributed by atoms with Crippen LogP contribution in [0.3, 0.4) is 0 Å². The molecule has 1 aliphatic heterocycles. The van der Waals surface area contributed by atoms with Gasteiger partial charge in [-0.2, -0.15) is 0 Å². The second-order valence-electron chi connectivity index (χ2n) is 6.50. The van der Waals surface area contributed by atoms with Crippen LogP contribution in [0.4, 0.5) is 5.95 Å². The Morgan fingerprint density at radius 3 is 2.96 bits per heavy atom. The minimum absolute atomic E-state index is 0.0419. The molecule has 1 atom stereocenters. The molecule has 0 aliphatic carbocycles. The highest BCUT2D eigenvalue weighted by atomic mass is 79.9. The zero-order valence-corrected chi connectivity index (χ0v) is 17.1. The van der Waals surface area contributed by atoms with E-state index in [2.05, 4.69) is 20.8 Å². The minimum atomic E-state index is -0.0419. The average Bonchev–Trinajstić information content (AvgIpc) is 3.00. The van der Waals surface area contributed by atoms with Gasteiger partial charge in [0.1, 0.15) is 10.2 Å². The monoisotopic (exact) mass is 452 g/mol. The maximum atomic E-state index is 13.2. The van der Waals surface area contributed by atoms with Gasteiger partial charge in [-0.1, -0.05) is 29.8 Å². The van der Waals surface area contributed by atoms with E-state index in [1.807, 2.05) is 29.6 Å². The van der Waals surface area contributed by atoms with Crippen molar-refractivity contribution >= 4 is 55.0 Å². The molecule has 2 N–H and O–H groups in total. The molecule has 0 amide bonds. The number of thiophene rings is 1. The Morgan fingerprint density at radius 1 is 1.38 bits per heavy atom. The summed E-state index contributed by atoms with van der Waals surface area (Å²) in [4.78, 5) is 20.2. The maximum Gasteiger partial charge on any atom is 0.273 e. The fraction of sp³-hybridized carbons (Fsp3) is 0.333. The Morgan fingerprint density at radius 2 is 2.19 bits per heavy atom. The van der Waals surface area contributed by atoms with Gasteiger partial charge in [0.2, 0.25) is 5.95 Å². The van der Waals surface area contributed by atoms with Crippen molar-refractivity contribution in [2.45, 2.75) is 25.4 Å². The number of nitrogens with zero attached hydrogens (tertiary/aromatic N) is 3. The van der Waals surface area contributed by atoms with Gasteiger partial charge >= 0.3 is 0 Å². The van der Waals surface area contributed by atoms with E-state index >= 15 is 0 Å². The molecule has 1 aliphatic rings. The van der Waals surface area contributed by atoms with Gasteiger partial charge in [-0.25, -0.2) is 4.98 Å². The molecular formula is C18H18BrClN4OS. The smallest absolute Gasteiger partial charge is 0.273 e. The Bertz CT molecular complexity index is 1020. The summed E-state index contributed by atoms with van der Waals surface area (Å²) < 4.78 is 3.22. The topological polar surface area (TPSA) is 64.2 Å². The highest BCUT2D eigenvalue weighted by Gasteiger charge is 2.24. The van der Waals surface area contributed by atoms with Gasteiger partial charge in [0.05, 0.1) is 11.0 Å². The molecule has 3 aromatic rings. The molecule has 2 aromatic heterocycles. The molecule has 0 bridgehead atoms. The van der Waals surface area contributed by atoms with Crippen LogP contribution in [0.2, 0.25) is 5.02 Å². The predicted molar refractivity (Wildman–Crippen MR) is 112 cm³/mol. The molecule has 4 rings (SSSR count). The first-order valence-corrected chi connectivity index (χ1v) is 10.5. The fourth-order valence-corrected chi connectivity index (χ4v) is 5.04. The molecule has 5 nitrogen and oxygen atoms in total. The third kappa shape index (κ3) is 3.29. The molecule has 0 spiro atoms. The predicted octanol–water partition coefficient (Wildman–Crippen LogP) is 3.85. The van der Waals surface area contributed by atoms with Crippen LogP contribution < -0.4 is 16.2 Å². The van der Waals surface area contributed by atoms with Gasteiger partial charge in [-0.05, 0) is 40.4 Å². The molecule has 136 valence electrons. The molecule has 0 radical (unpaired) electrons.